The topological polar surface area (TPSA) is 24.6 Å². The molecule has 0 saturated carbocycles. The summed E-state index contributed by atoms with van der Waals surface area (Å²) in [5, 5.41) is 6.45. The van der Waals surface area contributed by atoms with Crippen LogP contribution in [0.4, 0.5) is 34.3 Å². The maximum Gasteiger partial charge on any atom is 0.137 e. The molecule has 2 aromatic heterocycles. The summed E-state index contributed by atoms with van der Waals surface area (Å²) in [4.78, 5) is 4.88. The van der Waals surface area contributed by atoms with Crippen LogP contribution in [-0.2, 0) is 0 Å². The highest BCUT2D eigenvalue weighted by Crippen LogP contribution is 2.44. The van der Waals surface area contributed by atoms with Gasteiger partial charge in [0.1, 0.15) is 17.0 Å². The molecule has 0 amide bonds. The number of para-hydroxylation sites is 4. The fourth-order valence-electron chi connectivity index (χ4n) is 9.32. The molecule has 0 aliphatic carbocycles. The number of fused-ring (bicyclic) bond motifs is 7. The van der Waals surface area contributed by atoms with Gasteiger partial charge in [-0.3, -0.25) is 9.47 Å². The average molecular weight is 798 g/mol. The van der Waals surface area contributed by atoms with Gasteiger partial charge in [-0.2, -0.15) is 0 Å². The molecule has 1 aliphatic rings. The van der Waals surface area contributed by atoms with Crippen molar-refractivity contribution in [2.45, 2.75) is 0 Å². The Morgan fingerprint density at radius 3 is 1.64 bits per heavy atom. The third-order valence-electron chi connectivity index (χ3n) is 12.2. The summed E-state index contributed by atoms with van der Waals surface area (Å²) in [5.41, 5.74) is 14.5. The first kappa shape index (κ1) is 35.1. The SMILES string of the molecule is c1ccc(-c2ccc(-c3ccc(N(c4ccc5c(c4)N(c4ccccc4)c4c(c6ccccc6n4-c4ccccc4)[SiH2]5)c4ccc5c(c4)oc4ccccc45)cc3)cc2)cc1. The van der Waals surface area contributed by atoms with Crippen molar-refractivity contribution < 1.29 is 4.42 Å². The maximum absolute atomic E-state index is 6.49. The second-order valence-electron chi connectivity index (χ2n) is 15.8. The smallest absolute Gasteiger partial charge is 0.137 e. The highest BCUT2D eigenvalue weighted by Gasteiger charge is 2.32. The first-order chi connectivity index (χ1) is 30.2. The lowest BCUT2D eigenvalue weighted by Crippen LogP contribution is -2.40. The molecule has 12 rings (SSSR count). The van der Waals surface area contributed by atoms with Crippen molar-refractivity contribution in [3.05, 3.63) is 224 Å². The zero-order chi connectivity index (χ0) is 40.3. The van der Waals surface area contributed by atoms with E-state index in [1.807, 2.05) is 12.1 Å². The standard InChI is InChI=1S/C56H39N3OSi/c1-4-14-38(15-5-1)39-24-26-40(27-25-39)41-28-30-44(31-29-41)57(46-32-34-48-47-20-11-13-23-52(47)60-53(48)37-46)45-33-35-54-51(36-45)59(43-18-8-3-9-19-43)56-55(61-54)49-21-10-12-22-50(49)58(56)42-16-6-2-7-17-42/h1-37H,61H2. The normalized spacial score (nSPS) is 12.6. The van der Waals surface area contributed by atoms with E-state index in [-0.39, 0.29) is 0 Å². The summed E-state index contributed by atoms with van der Waals surface area (Å²) >= 11 is 0. The minimum atomic E-state index is -0.897. The molecule has 0 unspecified atom stereocenters. The van der Waals surface area contributed by atoms with Gasteiger partial charge >= 0.3 is 0 Å². The van der Waals surface area contributed by atoms with E-state index in [1.54, 1.807) is 0 Å². The van der Waals surface area contributed by atoms with E-state index in [0.717, 1.165) is 50.4 Å². The van der Waals surface area contributed by atoms with E-state index in [0.29, 0.717) is 0 Å². The minimum Gasteiger partial charge on any atom is -0.456 e. The van der Waals surface area contributed by atoms with Crippen LogP contribution in [0.2, 0.25) is 0 Å². The van der Waals surface area contributed by atoms with Gasteiger partial charge in [-0.1, -0.05) is 146 Å². The Labute approximate surface area is 356 Å². The van der Waals surface area contributed by atoms with E-state index in [2.05, 4.69) is 227 Å². The highest BCUT2D eigenvalue weighted by atomic mass is 28.2. The van der Waals surface area contributed by atoms with E-state index >= 15 is 0 Å². The largest absolute Gasteiger partial charge is 0.456 e. The number of anilines is 6. The van der Waals surface area contributed by atoms with Crippen molar-refractivity contribution in [2.24, 2.45) is 0 Å². The lowest BCUT2D eigenvalue weighted by Gasteiger charge is -2.35. The molecular weight excluding hydrogens is 759 g/mol. The first-order valence-corrected chi connectivity index (χ1v) is 22.3. The van der Waals surface area contributed by atoms with Crippen LogP contribution >= 0.6 is 0 Å². The van der Waals surface area contributed by atoms with Gasteiger partial charge in [0, 0.05) is 56.3 Å². The van der Waals surface area contributed by atoms with E-state index in [4.69, 9.17) is 4.42 Å². The van der Waals surface area contributed by atoms with Crippen LogP contribution in [0.25, 0.3) is 60.8 Å². The Kier molecular flexibility index (Phi) is 8.32. The van der Waals surface area contributed by atoms with Crippen molar-refractivity contribution in [2.75, 3.05) is 9.80 Å². The zero-order valence-corrected chi connectivity index (χ0v) is 34.7. The maximum atomic E-state index is 6.49. The van der Waals surface area contributed by atoms with Crippen LogP contribution in [0.5, 0.6) is 0 Å². The highest BCUT2D eigenvalue weighted by molar-refractivity contribution is 6.74. The Hall–Kier alpha value is -7.86. The van der Waals surface area contributed by atoms with Crippen molar-refractivity contribution in [1.29, 1.82) is 0 Å². The Morgan fingerprint density at radius 2 is 0.918 bits per heavy atom. The summed E-state index contributed by atoms with van der Waals surface area (Å²) in [6.45, 7) is 0. The number of nitrogens with zero attached hydrogens (tertiary/aromatic N) is 3. The van der Waals surface area contributed by atoms with Gasteiger partial charge in [0.2, 0.25) is 0 Å². The van der Waals surface area contributed by atoms with Crippen LogP contribution in [0, 0.1) is 0 Å². The van der Waals surface area contributed by atoms with Gasteiger partial charge in [-0.15, -0.1) is 0 Å². The van der Waals surface area contributed by atoms with Gasteiger partial charge in [-0.25, -0.2) is 0 Å². The lowest BCUT2D eigenvalue weighted by molar-refractivity contribution is 0.669. The third-order valence-corrected chi connectivity index (χ3v) is 14.2. The second kappa shape index (κ2) is 14.4. The zero-order valence-electron chi connectivity index (χ0n) is 33.3. The Bertz CT molecular complexity index is 3380. The molecule has 0 saturated heterocycles. The summed E-state index contributed by atoms with van der Waals surface area (Å²) in [6, 6.07) is 81.0. The molecule has 0 atom stereocenters. The number of hydrogen-bond acceptors (Lipinski definition) is 3. The van der Waals surface area contributed by atoms with Gasteiger partial charge in [-0.05, 0) is 105 Å². The fraction of sp³-hybridized carbons (Fsp3) is 0. The Balaban J connectivity index is 1.02. The van der Waals surface area contributed by atoms with E-state index in [1.165, 1.54) is 55.0 Å². The summed E-state index contributed by atoms with van der Waals surface area (Å²) < 4.78 is 8.96. The van der Waals surface area contributed by atoms with E-state index in [9.17, 15) is 0 Å². The van der Waals surface area contributed by atoms with Gasteiger partial charge in [0.25, 0.3) is 0 Å². The van der Waals surface area contributed by atoms with Crippen LogP contribution in [-0.4, -0.2) is 14.1 Å². The number of hydrogen-bond donors (Lipinski definition) is 0. The van der Waals surface area contributed by atoms with Crippen molar-refractivity contribution in [1.82, 2.24) is 4.57 Å². The summed E-state index contributed by atoms with van der Waals surface area (Å²) in [7, 11) is -0.897. The van der Waals surface area contributed by atoms with Crippen LogP contribution in [0.15, 0.2) is 229 Å². The molecule has 0 fully saturated rings. The lowest BCUT2D eigenvalue weighted by atomic mass is 10.00. The van der Waals surface area contributed by atoms with E-state index < -0.39 is 9.52 Å². The second-order valence-corrected chi connectivity index (χ2v) is 17.6. The van der Waals surface area contributed by atoms with Crippen LogP contribution in [0.3, 0.4) is 0 Å². The molecule has 11 aromatic rings. The minimum absolute atomic E-state index is 0.868. The predicted octanol–water partition coefficient (Wildman–Crippen LogP) is 13.2. The van der Waals surface area contributed by atoms with Gasteiger partial charge < -0.3 is 9.32 Å². The average Bonchev–Trinajstić information content (AvgIpc) is 3.87. The molecule has 0 bridgehead atoms. The molecule has 1 aliphatic heterocycles. The molecular formula is C56H39N3OSi. The quantitative estimate of drug-likeness (QED) is 0.150. The van der Waals surface area contributed by atoms with Crippen molar-refractivity contribution in [3.63, 3.8) is 0 Å². The number of aromatic nitrogens is 1. The number of benzene rings is 9. The number of rotatable bonds is 7. The predicted molar refractivity (Wildman–Crippen MR) is 259 cm³/mol. The molecule has 9 aromatic carbocycles. The Morgan fingerprint density at radius 1 is 0.393 bits per heavy atom. The third kappa shape index (κ3) is 5.97. The number of furan rings is 1. The monoisotopic (exact) mass is 797 g/mol. The molecule has 0 N–H and O–H groups in total. The summed E-state index contributed by atoms with van der Waals surface area (Å²) in [5.74, 6) is 1.23. The first-order valence-electron chi connectivity index (χ1n) is 20.9. The molecule has 4 nitrogen and oxygen atoms in total. The van der Waals surface area contributed by atoms with Gasteiger partial charge in [0.15, 0.2) is 0 Å². The van der Waals surface area contributed by atoms with Crippen LogP contribution < -0.4 is 20.2 Å². The van der Waals surface area contributed by atoms with Crippen LogP contribution in [0.1, 0.15) is 0 Å². The van der Waals surface area contributed by atoms with Gasteiger partial charge in [0.05, 0.1) is 15.0 Å². The van der Waals surface area contributed by atoms with Crippen molar-refractivity contribution >= 4 is 87.0 Å². The molecule has 0 radical (unpaired) electrons. The summed E-state index contributed by atoms with van der Waals surface area (Å²) in [6.07, 6.45) is 0. The molecule has 3 heterocycles. The molecule has 288 valence electrons. The van der Waals surface area contributed by atoms with Crippen molar-refractivity contribution in [3.8, 4) is 27.9 Å². The molecule has 61 heavy (non-hydrogen) atoms. The molecule has 0 spiro atoms. The fourth-order valence-corrected chi connectivity index (χ4v) is 11.3. The molecule has 5 heteroatoms.